The van der Waals surface area contributed by atoms with E-state index in [0.29, 0.717) is 0 Å². The zero-order valence-electron chi connectivity index (χ0n) is 28.1. The van der Waals surface area contributed by atoms with Gasteiger partial charge < -0.3 is 9.97 Å². The van der Waals surface area contributed by atoms with Crippen molar-refractivity contribution in [3.63, 3.8) is 0 Å². The Bertz CT molecular complexity index is 2150. The van der Waals surface area contributed by atoms with Gasteiger partial charge in [0.05, 0.1) is 0 Å². The Morgan fingerprint density at radius 3 is 1.51 bits per heavy atom. The van der Waals surface area contributed by atoms with Crippen molar-refractivity contribution in [1.82, 2.24) is 9.97 Å². The third-order valence-electron chi connectivity index (χ3n) is 10.0. The molecule has 0 N–H and O–H groups in total. The van der Waals surface area contributed by atoms with E-state index in [4.69, 9.17) is 4.98 Å². The SMILES string of the molecule is CC1(C)c2ccccc2-c2cc3c(c(-c4ccnc(-c5[c-]cccc5)c4)c21)C(C)(C)c1ccccc1-3.[Ir].[c-]1ccccc1-c1ccccn1. The maximum absolute atomic E-state index is 4.74. The van der Waals surface area contributed by atoms with Crippen molar-refractivity contribution in [2.75, 3.05) is 0 Å². The molecule has 1 radical (unpaired) electrons. The molecule has 2 aromatic heterocycles. The van der Waals surface area contributed by atoms with E-state index in [1.807, 2.05) is 60.8 Å². The largest absolute Gasteiger partial charge is 0.305 e. The molecular weight excluding hydrogens is 773 g/mol. The molecule has 0 saturated carbocycles. The van der Waals surface area contributed by atoms with E-state index in [2.05, 4.69) is 124 Å². The molecule has 2 nitrogen and oxygen atoms in total. The first kappa shape index (κ1) is 32.6. The summed E-state index contributed by atoms with van der Waals surface area (Å²) in [5, 5.41) is 0. The molecule has 5 aromatic carbocycles. The first-order valence-electron chi connectivity index (χ1n) is 16.6. The van der Waals surface area contributed by atoms with Gasteiger partial charge in [-0.1, -0.05) is 94.4 Å². The standard InChI is InChI=1S/C35H28N.C11H8N.Ir/c1-34(2)28-16-10-8-14-24(28)26-21-27-25-15-9-11-17-29(25)35(3,4)33(27)31(32(26)34)23-18-19-36-30(20-23)22-12-6-5-7-13-22;1-2-6-10(7-3-1)11-8-4-5-9-12-11;/h5-12,14-21H,1-4H3;1-6,8-9H;/q2*-1;. The van der Waals surface area contributed by atoms with Gasteiger partial charge in [-0.15, -0.1) is 71.8 Å². The number of benzene rings is 5. The van der Waals surface area contributed by atoms with Gasteiger partial charge in [-0.2, -0.15) is 0 Å². The second-order valence-corrected chi connectivity index (χ2v) is 13.6. The van der Waals surface area contributed by atoms with Gasteiger partial charge in [0.15, 0.2) is 0 Å². The minimum absolute atomic E-state index is 0. The number of fused-ring (bicyclic) bond motifs is 6. The van der Waals surface area contributed by atoms with Crippen LogP contribution < -0.4 is 0 Å². The molecule has 49 heavy (non-hydrogen) atoms. The molecule has 0 fully saturated rings. The number of hydrogen-bond acceptors (Lipinski definition) is 2. The van der Waals surface area contributed by atoms with E-state index in [9.17, 15) is 0 Å². The Hall–Kier alpha value is -4.95. The molecule has 0 bridgehead atoms. The van der Waals surface area contributed by atoms with Gasteiger partial charge in [0.25, 0.3) is 0 Å². The number of rotatable bonds is 3. The second kappa shape index (κ2) is 12.8. The van der Waals surface area contributed by atoms with Crippen molar-refractivity contribution in [3.05, 3.63) is 180 Å². The summed E-state index contributed by atoms with van der Waals surface area (Å²) in [5.74, 6) is 0. The molecule has 7 aromatic rings. The van der Waals surface area contributed by atoms with Gasteiger partial charge in [-0.05, 0) is 85.2 Å². The van der Waals surface area contributed by atoms with Crippen molar-refractivity contribution in [2.24, 2.45) is 0 Å². The van der Waals surface area contributed by atoms with Gasteiger partial charge in [-0.25, -0.2) is 0 Å². The molecule has 0 unspecified atom stereocenters. The maximum Gasteiger partial charge on any atom is 0.0166 e. The van der Waals surface area contributed by atoms with E-state index in [1.54, 1.807) is 6.20 Å². The average Bonchev–Trinajstić information content (AvgIpc) is 3.52. The minimum Gasteiger partial charge on any atom is -0.305 e. The molecule has 0 saturated heterocycles. The molecule has 0 spiro atoms. The zero-order valence-corrected chi connectivity index (χ0v) is 30.5. The monoisotopic (exact) mass is 809 g/mol. The van der Waals surface area contributed by atoms with Crippen LogP contribution in [0.5, 0.6) is 0 Å². The van der Waals surface area contributed by atoms with E-state index >= 15 is 0 Å². The third-order valence-corrected chi connectivity index (χ3v) is 10.0. The fraction of sp³-hybridized carbons (Fsp3) is 0.130. The Kier molecular flexibility index (Phi) is 8.53. The fourth-order valence-electron chi connectivity index (χ4n) is 7.85. The molecule has 0 aliphatic heterocycles. The molecule has 241 valence electrons. The molecule has 2 aliphatic rings. The Balaban J connectivity index is 0.000000246. The smallest absolute Gasteiger partial charge is 0.0166 e. The normalized spacial score (nSPS) is 13.9. The number of hydrogen-bond donors (Lipinski definition) is 0. The van der Waals surface area contributed by atoms with Crippen LogP contribution in [0, 0.1) is 12.1 Å². The van der Waals surface area contributed by atoms with Crippen molar-refractivity contribution in [3.8, 4) is 55.9 Å². The topological polar surface area (TPSA) is 25.8 Å². The number of nitrogens with zero attached hydrogens (tertiary/aromatic N) is 2. The summed E-state index contributed by atoms with van der Waals surface area (Å²) in [6.07, 6.45) is 3.75. The quantitative estimate of drug-likeness (QED) is 0.166. The second-order valence-electron chi connectivity index (χ2n) is 13.6. The Morgan fingerprint density at radius 2 is 0.980 bits per heavy atom. The summed E-state index contributed by atoms with van der Waals surface area (Å²) in [5.41, 5.74) is 17.5. The summed E-state index contributed by atoms with van der Waals surface area (Å²) in [6, 6.07) is 53.1. The average molecular weight is 809 g/mol. The molecule has 2 heterocycles. The first-order chi connectivity index (χ1) is 23.4. The van der Waals surface area contributed by atoms with Gasteiger partial charge >= 0.3 is 0 Å². The molecule has 3 heteroatoms. The predicted molar refractivity (Wildman–Crippen MR) is 198 cm³/mol. The molecule has 0 amide bonds. The zero-order chi connectivity index (χ0) is 32.9. The molecular formula is C46H36IrN2-2. The van der Waals surface area contributed by atoms with Crippen LogP contribution in [0.15, 0.2) is 146 Å². The molecule has 2 aliphatic carbocycles. The van der Waals surface area contributed by atoms with Crippen molar-refractivity contribution in [2.45, 2.75) is 38.5 Å². The van der Waals surface area contributed by atoms with Crippen LogP contribution >= 0.6 is 0 Å². The van der Waals surface area contributed by atoms with Gasteiger partial charge in [0.2, 0.25) is 0 Å². The molecule has 0 atom stereocenters. The van der Waals surface area contributed by atoms with Crippen LogP contribution in [-0.4, -0.2) is 9.97 Å². The number of pyridine rings is 2. The summed E-state index contributed by atoms with van der Waals surface area (Å²) in [4.78, 5) is 8.96. The van der Waals surface area contributed by atoms with Crippen LogP contribution in [0.3, 0.4) is 0 Å². The van der Waals surface area contributed by atoms with E-state index in [1.165, 1.54) is 55.6 Å². The third kappa shape index (κ3) is 5.48. The first-order valence-corrected chi connectivity index (χ1v) is 16.6. The molecule has 9 rings (SSSR count). The van der Waals surface area contributed by atoms with Crippen LogP contribution in [0.1, 0.15) is 49.9 Å². The summed E-state index contributed by atoms with van der Waals surface area (Å²) < 4.78 is 0. The van der Waals surface area contributed by atoms with Gasteiger partial charge in [0, 0.05) is 43.3 Å². The van der Waals surface area contributed by atoms with Crippen LogP contribution in [0.4, 0.5) is 0 Å². The minimum atomic E-state index is -0.108. The predicted octanol–water partition coefficient (Wildman–Crippen LogP) is 11.4. The van der Waals surface area contributed by atoms with Crippen molar-refractivity contribution in [1.29, 1.82) is 0 Å². The van der Waals surface area contributed by atoms with Crippen LogP contribution in [-0.2, 0) is 30.9 Å². The summed E-state index contributed by atoms with van der Waals surface area (Å²) >= 11 is 0. The summed E-state index contributed by atoms with van der Waals surface area (Å²) in [6.45, 7) is 9.54. The number of aromatic nitrogens is 2. The van der Waals surface area contributed by atoms with E-state index < -0.39 is 0 Å². The van der Waals surface area contributed by atoms with Crippen molar-refractivity contribution < 1.29 is 20.1 Å². The Morgan fingerprint density at radius 1 is 0.469 bits per heavy atom. The van der Waals surface area contributed by atoms with E-state index in [0.717, 1.165) is 22.5 Å². The van der Waals surface area contributed by atoms with Crippen LogP contribution in [0.25, 0.3) is 55.9 Å². The summed E-state index contributed by atoms with van der Waals surface area (Å²) in [7, 11) is 0. The Labute approximate surface area is 303 Å². The van der Waals surface area contributed by atoms with Gasteiger partial charge in [0.1, 0.15) is 0 Å². The van der Waals surface area contributed by atoms with E-state index in [-0.39, 0.29) is 30.9 Å². The maximum atomic E-state index is 4.74. The van der Waals surface area contributed by atoms with Crippen LogP contribution in [0.2, 0.25) is 0 Å². The van der Waals surface area contributed by atoms with Crippen molar-refractivity contribution >= 4 is 0 Å². The fourth-order valence-corrected chi connectivity index (χ4v) is 7.85. The van der Waals surface area contributed by atoms with Gasteiger partial charge in [-0.3, -0.25) is 0 Å².